The zero-order chi connectivity index (χ0) is 11.9. The largest absolute Gasteiger partial charge is 0.451 e. The van der Waals surface area contributed by atoms with E-state index in [1.165, 1.54) is 0 Å². The molecule has 88 valence electrons. The predicted molar refractivity (Wildman–Crippen MR) is 52.2 cm³/mol. The fourth-order valence-electron chi connectivity index (χ4n) is 1.56. The Kier molecular flexibility index (Phi) is 2.49. The summed E-state index contributed by atoms with van der Waals surface area (Å²) in [6, 6.07) is 0. The SMILES string of the molecule is NC(=S)N1CCn2c(nnc2C(F)(F)F)C1. The second-order valence-corrected chi connectivity index (χ2v) is 3.77. The van der Waals surface area contributed by atoms with Gasteiger partial charge in [0.25, 0.3) is 0 Å². The van der Waals surface area contributed by atoms with Crippen molar-refractivity contribution >= 4 is 17.3 Å². The van der Waals surface area contributed by atoms with E-state index >= 15 is 0 Å². The zero-order valence-corrected chi connectivity index (χ0v) is 8.85. The van der Waals surface area contributed by atoms with Gasteiger partial charge in [0.05, 0.1) is 6.54 Å². The summed E-state index contributed by atoms with van der Waals surface area (Å²) >= 11 is 4.75. The van der Waals surface area contributed by atoms with Crippen molar-refractivity contribution in [2.45, 2.75) is 19.3 Å². The lowest BCUT2D eigenvalue weighted by molar-refractivity contribution is -0.147. The molecule has 16 heavy (non-hydrogen) atoms. The van der Waals surface area contributed by atoms with Gasteiger partial charge < -0.3 is 15.2 Å². The van der Waals surface area contributed by atoms with Crippen LogP contribution < -0.4 is 5.73 Å². The highest BCUT2D eigenvalue weighted by molar-refractivity contribution is 7.80. The van der Waals surface area contributed by atoms with E-state index in [4.69, 9.17) is 18.0 Å². The summed E-state index contributed by atoms with van der Waals surface area (Å²) in [5, 5.41) is 6.79. The Balaban J connectivity index is 2.31. The normalized spacial score (nSPS) is 16.1. The number of fused-ring (bicyclic) bond motifs is 1. The fourth-order valence-corrected chi connectivity index (χ4v) is 1.71. The van der Waals surface area contributed by atoms with Crippen LogP contribution in [0.15, 0.2) is 0 Å². The summed E-state index contributed by atoms with van der Waals surface area (Å²) in [5.74, 6) is -0.739. The van der Waals surface area contributed by atoms with E-state index < -0.39 is 12.0 Å². The number of hydrogen-bond donors (Lipinski definition) is 1. The van der Waals surface area contributed by atoms with Crippen molar-refractivity contribution < 1.29 is 13.2 Å². The topological polar surface area (TPSA) is 60.0 Å². The minimum Gasteiger partial charge on any atom is -0.376 e. The average molecular weight is 251 g/mol. The number of hydrogen-bond acceptors (Lipinski definition) is 3. The lowest BCUT2D eigenvalue weighted by Gasteiger charge is -2.28. The molecule has 0 bridgehead atoms. The van der Waals surface area contributed by atoms with Gasteiger partial charge in [-0.15, -0.1) is 10.2 Å². The van der Waals surface area contributed by atoms with Gasteiger partial charge in [-0.3, -0.25) is 0 Å². The van der Waals surface area contributed by atoms with Crippen molar-refractivity contribution in [3.8, 4) is 0 Å². The van der Waals surface area contributed by atoms with Crippen molar-refractivity contribution in [3.05, 3.63) is 11.6 Å². The van der Waals surface area contributed by atoms with Gasteiger partial charge in [-0.1, -0.05) is 0 Å². The third-order valence-electron chi connectivity index (χ3n) is 2.32. The van der Waals surface area contributed by atoms with Gasteiger partial charge in [0.1, 0.15) is 0 Å². The molecular formula is C7H8F3N5S. The summed E-state index contributed by atoms with van der Waals surface area (Å²) in [4.78, 5) is 1.58. The Bertz CT molecular complexity index is 426. The molecule has 5 nitrogen and oxygen atoms in total. The molecule has 2 rings (SSSR count). The highest BCUT2D eigenvalue weighted by Gasteiger charge is 2.39. The lowest BCUT2D eigenvalue weighted by atomic mass is 10.3. The van der Waals surface area contributed by atoms with E-state index in [0.717, 1.165) is 4.57 Å². The number of aromatic nitrogens is 3. The first-order chi connectivity index (χ1) is 7.39. The maximum atomic E-state index is 12.5. The number of thiocarbonyl (C=S) groups is 1. The molecule has 2 N–H and O–H groups in total. The molecule has 0 aliphatic carbocycles. The van der Waals surface area contributed by atoms with Crippen molar-refractivity contribution in [1.82, 2.24) is 19.7 Å². The molecular weight excluding hydrogens is 243 g/mol. The smallest absolute Gasteiger partial charge is 0.376 e. The monoisotopic (exact) mass is 251 g/mol. The minimum absolute atomic E-state index is 0.133. The molecule has 0 saturated heterocycles. The Labute approximate surface area is 94.0 Å². The van der Waals surface area contributed by atoms with Crippen LogP contribution in [0.3, 0.4) is 0 Å². The van der Waals surface area contributed by atoms with Crippen LogP contribution in [0.25, 0.3) is 0 Å². The minimum atomic E-state index is -4.48. The van der Waals surface area contributed by atoms with Crippen LogP contribution in [-0.4, -0.2) is 31.3 Å². The summed E-state index contributed by atoms with van der Waals surface area (Å²) in [7, 11) is 0. The number of alkyl halides is 3. The van der Waals surface area contributed by atoms with Gasteiger partial charge in [-0.25, -0.2) is 0 Å². The van der Waals surface area contributed by atoms with E-state index in [1.54, 1.807) is 4.90 Å². The number of halogens is 3. The average Bonchev–Trinajstić information content (AvgIpc) is 2.58. The quantitative estimate of drug-likeness (QED) is 0.674. The Morgan fingerprint density at radius 2 is 2.00 bits per heavy atom. The van der Waals surface area contributed by atoms with Gasteiger partial charge in [-0.05, 0) is 12.2 Å². The zero-order valence-electron chi connectivity index (χ0n) is 8.03. The molecule has 1 aliphatic heterocycles. The highest BCUT2D eigenvalue weighted by atomic mass is 32.1. The summed E-state index contributed by atoms with van der Waals surface area (Å²) in [6.45, 7) is 0.635. The van der Waals surface area contributed by atoms with E-state index in [0.29, 0.717) is 6.54 Å². The highest BCUT2D eigenvalue weighted by Crippen LogP contribution is 2.29. The first kappa shape index (κ1) is 11.1. The van der Waals surface area contributed by atoms with Crippen molar-refractivity contribution in [2.75, 3.05) is 6.54 Å². The van der Waals surface area contributed by atoms with Crippen LogP contribution in [0.1, 0.15) is 11.6 Å². The molecule has 0 fully saturated rings. The molecule has 0 atom stereocenters. The maximum Gasteiger partial charge on any atom is 0.451 e. The number of nitrogens with two attached hydrogens (primary N) is 1. The van der Waals surface area contributed by atoms with Gasteiger partial charge in [-0.2, -0.15) is 13.2 Å². The molecule has 1 aromatic rings. The van der Waals surface area contributed by atoms with Crippen LogP contribution in [0.4, 0.5) is 13.2 Å². The molecule has 1 aromatic heterocycles. The molecule has 0 aromatic carbocycles. The summed E-state index contributed by atoms with van der Waals surface area (Å²) in [5.41, 5.74) is 5.39. The Morgan fingerprint density at radius 3 is 2.56 bits per heavy atom. The van der Waals surface area contributed by atoms with E-state index in [2.05, 4.69) is 10.2 Å². The lowest BCUT2D eigenvalue weighted by Crippen LogP contribution is -2.42. The molecule has 0 amide bonds. The number of rotatable bonds is 0. The standard InChI is InChI=1S/C7H8F3N5S/c8-7(9,10)5-13-12-4-3-14(6(11)16)1-2-15(4)5/h1-3H2,(H2,11,16). The number of nitrogens with zero attached hydrogens (tertiary/aromatic N) is 4. The molecule has 1 aliphatic rings. The second-order valence-electron chi connectivity index (χ2n) is 3.35. The summed E-state index contributed by atoms with van der Waals surface area (Å²) in [6.07, 6.45) is -4.48. The Morgan fingerprint density at radius 1 is 1.31 bits per heavy atom. The van der Waals surface area contributed by atoms with Crippen LogP contribution in [0, 0.1) is 0 Å². The van der Waals surface area contributed by atoms with Gasteiger partial charge in [0, 0.05) is 13.1 Å². The van der Waals surface area contributed by atoms with Gasteiger partial charge in [0.15, 0.2) is 10.9 Å². The summed E-state index contributed by atoms with van der Waals surface area (Å²) < 4.78 is 38.5. The van der Waals surface area contributed by atoms with Gasteiger partial charge >= 0.3 is 6.18 Å². The van der Waals surface area contributed by atoms with E-state index in [9.17, 15) is 13.2 Å². The maximum absolute atomic E-state index is 12.5. The third kappa shape index (κ3) is 1.82. The van der Waals surface area contributed by atoms with Crippen molar-refractivity contribution in [3.63, 3.8) is 0 Å². The fraction of sp³-hybridized carbons (Fsp3) is 0.571. The van der Waals surface area contributed by atoms with Crippen molar-refractivity contribution in [2.24, 2.45) is 5.73 Å². The van der Waals surface area contributed by atoms with Crippen LogP contribution >= 0.6 is 12.2 Å². The molecule has 0 saturated carbocycles. The molecule has 0 spiro atoms. The molecule has 2 heterocycles. The van der Waals surface area contributed by atoms with Crippen LogP contribution in [-0.2, 0) is 19.3 Å². The molecule has 0 unspecified atom stereocenters. The Hall–Kier alpha value is -1.38. The third-order valence-corrected chi connectivity index (χ3v) is 2.58. The van der Waals surface area contributed by atoms with E-state index in [1.807, 2.05) is 0 Å². The second kappa shape index (κ2) is 3.58. The first-order valence-corrected chi connectivity index (χ1v) is 4.84. The predicted octanol–water partition coefficient (Wildman–Crippen LogP) is 0.356. The van der Waals surface area contributed by atoms with Crippen LogP contribution in [0.5, 0.6) is 0 Å². The van der Waals surface area contributed by atoms with E-state index in [-0.39, 0.29) is 24.0 Å². The van der Waals surface area contributed by atoms with Crippen LogP contribution in [0.2, 0.25) is 0 Å². The first-order valence-electron chi connectivity index (χ1n) is 4.43. The van der Waals surface area contributed by atoms with Crippen molar-refractivity contribution in [1.29, 1.82) is 0 Å². The molecule has 9 heteroatoms. The van der Waals surface area contributed by atoms with Gasteiger partial charge in [0.2, 0.25) is 5.82 Å². The molecule has 0 radical (unpaired) electrons.